The summed E-state index contributed by atoms with van der Waals surface area (Å²) in [5, 5.41) is 4.48. The van der Waals surface area contributed by atoms with Crippen LogP contribution in [0.1, 0.15) is 31.2 Å². The van der Waals surface area contributed by atoms with Crippen LogP contribution in [0.5, 0.6) is 0 Å². The molecule has 3 rings (SSSR count). The molecule has 4 atom stereocenters. The van der Waals surface area contributed by atoms with E-state index >= 15 is 0 Å². The molecule has 0 spiro atoms. The van der Waals surface area contributed by atoms with Gasteiger partial charge in [-0.25, -0.2) is 0 Å². The molecular weight excluding hydrogens is 268 g/mol. The van der Waals surface area contributed by atoms with Crippen molar-refractivity contribution in [3.8, 4) is 0 Å². The molecule has 1 aromatic heterocycles. The quantitative estimate of drug-likeness (QED) is 0.718. The molecule has 2 heteroatoms. The lowest BCUT2D eigenvalue weighted by Crippen LogP contribution is -2.22. The van der Waals surface area contributed by atoms with Crippen LogP contribution in [0, 0.1) is 17.8 Å². The van der Waals surface area contributed by atoms with Crippen molar-refractivity contribution in [1.29, 1.82) is 0 Å². The summed E-state index contributed by atoms with van der Waals surface area (Å²) in [5.74, 6) is 3.07. The second-order valence-electron chi connectivity index (χ2n) is 5.19. The van der Waals surface area contributed by atoms with Crippen LogP contribution < -0.4 is 0 Å². The third kappa shape index (κ3) is 2.03. The van der Waals surface area contributed by atoms with Crippen LogP contribution in [-0.4, -0.2) is 4.83 Å². The molecule has 15 heavy (non-hydrogen) atoms. The molecular formula is C13H17BrS. The van der Waals surface area contributed by atoms with Gasteiger partial charge in [0.25, 0.3) is 0 Å². The molecule has 0 N–H and O–H groups in total. The highest BCUT2D eigenvalue weighted by atomic mass is 79.9. The average Bonchev–Trinajstić information content (AvgIpc) is 2.93. The zero-order valence-electron chi connectivity index (χ0n) is 8.86. The lowest BCUT2D eigenvalue weighted by atomic mass is 9.85. The van der Waals surface area contributed by atoms with Crippen LogP contribution in [0.3, 0.4) is 0 Å². The predicted molar refractivity (Wildman–Crippen MR) is 69.7 cm³/mol. The molecule has 4 unspecified atom stereocenters. The monoisotopic (exact) mass is 284 g/mol. The summed E-state index contributed by atoms with van der Waals surface area (Å²) in [5.41, 5.74) is 1.52. The summed E-state index contributed by atoms with van der Waals surface area (Å²) in [6, 6.07) is 2.27. The minimum absolute atomic E-state index is 0.724. The van der Waals surface area contributed by atoms with Crippen LogP contribution in [0.2, 0.25) is 0 Å². The van der Waals surface area contributed by atoms with Crippen LogP contribution >= 0.6 is 27.3 Å². The molecule has 82 valence electrons. The van der Waals surface area contributed by atoms with Crippen molar-refractivity contribution in [2.45, 2.75) is 36.9 Å². The lowest BCUT2D eigenvalue weighted by molar-refractivity contribution is 0.326. The van der Waals surface area contributed by atoms with Gasteiger partial charge in [-0.05, 0) is 65.8 Å². The Balaban J connectivity index is 1.63. The summed E-state index contributed by atoms with van der Waals surface area (Å²) >= 11 is 5.75. The highest BCUT2D eigenvalue weighted by Gasteiger charge is 2.42. The Morgan fingerprint density at radius 3 is 2.93 bits per heavy atom. The topological polar surface area (TPSA) is 0 Å². The molecule has 0 saturated heterocycles. The maximum Gasteiger partial charge on any atom is 0.0217 e. The second kappa shape index (κ2) is 4.21. The average molecular weight is 285 g/mol. The Morgan fingerprint density at radius 2 is 2.33 bits per heavy atom. The van der Waals surface area contributed by atoms with E-state index in [1.165, 1.54) is 37.7 Å². The smallest absolute Gasteiger partial charge is 0.0217 e. The van der Waals surface area contributed by atoms with Crippen LogP contribution in [0.25, 0.3) is 0 Å². The van der Waals surface area contributed by atoms with E-state index in [1.54, 1.807) is 0 Å². The van der Waals surface area contributed by atoms with Crippen molar-refractivity contribution in [3.63, 3.8) is 0 Å². The lowest BCUT2D eigenvalue weighted by Gasteiger charge is -2.26. The van der Waals surface area contributed by atoms with E-state index in [-0.39, 0.29) is 0 Å². The van der Waals surface area contributed by atoms with Gasteiger partial charge >= 0.3 is 0 Å². The van der Waals surface area contributed by atoms with Gasteiger partial charge in [-0.15, -0.1) is 0 Å². The molecule has 2 aliphatic carbocycles. The Labute approximate surface area is 104 Å². The number of alkyl halides is 1. The Hall–Kier alpha value is 0.180. The van der Waals surface area contributed by atoms with Crippen LogP contribution in [-0.2, 0) is 6.42 Å². The number of fused-ring (bicyclic) bond motifs is 2. The fraction of sp³-hybridized carbons (Fsp3) is 0.692. The first kappa shape index (κ1) is 10.3. The Kier molecular flexibility index (Phi) is 2.90. The fourth-order valence-corrected chi connectivity index (χ4v) is 5.23. The minimum atomic E-state index is 0.724. The van der Waals surface area contributed by atoms with E-state index in [1.807, 2.05) is 11.3 Å². The van der Waals surface area contributed by atoms with Crippen molar-refractivity contribution in [3.05, 3.63) is 22.4 Å². The highest BCUT2D eigenvalue weighted by molar-refractivity contribution is 9.09. The first-order chi connectivity index (χ1) is 7.33. The molecule has 0 aromatic carbocycles. The predicted octanol–water partition coefficient (Wildman–Crippen LogP) is 4.49. The van der Waals surface area contributed by atoms with Gasteiger partial charge in [-0.3, -0.25) is 0 Å². The van der Waals surface area contributed by atoms with Gasteiger partial charge in [0.1, 0.15) is 0 Å². The van der Waals surface area contributed by atoms with Gasteiger partial charge < -0.3 is 0 Å². The third-order valence-electron chi connectivity index (χ3n) is 4.27. The van der Waals surface area contributed by atoms with Crippen molar-refractivity contribution in [2.24, 2.45) is 17.8 Å². The molecule has 1 aromatic rings. The number of halogens is 1. The summed E-state index contributed by atoms with van der Waals surface area (Å²) < 4.78 is 0. The van der Waals surface area contributed by atoms with E-state index in [2.05, 4.69) is 32.8 Å². The van der Waals surface area contributed by atoms with Gasteiger partial charge in [0.05, 0.1) is 0 Å². The SMILES string of the molecule is BrC(Cc1ccsc1)C1CC2CCC1C2. The van der Waals surface area contributed by atoms with E-state index in [9.17, 15) is 0 Å². The van der Waals surface area contributed by atoms with Crippen LogP contribution in [0.4, 0.5) is 0 Å². The van der Waals surface area contributed by atoms with Gasteiger partial charge in [0, 0.05) is 4.83 Å². The van der Waals surface area contributed by atoms with Crippen LogP contribution in [0.15, 0.2) is 16.8 Å². The molecule has 2 fully saturated rings. The van der Waals surface area contributed by atoms with Crippen molar-refractivity contribution >= 4 is 27.3 Å². The summed E-state index contributed by atoms with van der Waals surface area (Å²) in [7, 11) is 0. The van der Waals surface area contributed by atoms with E-state index in [0.29, 0.717) is 0 Å². The van der Waals surface area contributed by atoms with Gasteiger partial charge in [0.15, 0.2) is 0 Å². The van der Waals surface area contributed by atoms with Crippen molar-refractivity contribution in [2.75, 3.05) is 0 Å². The molecule has 2 aliphatic rings. The Bertz CT molecular complexity index is 319. The maximum atomic E-state index is 3.93. The number of rotatable bonds is 3. The van der Waals surface area contributed by atoms with Gasteiger partial charge in [-0.1, -0.05) is 22.4 Å². The number of thiophene rings is 1. The van der Waals surface area contributed by atoms with E-state index in [0.717, 1.165) is 22.6 Å². The first-order valence-corrected chi connectivity index (χ1v) is 7.84. The molecule has 0 aliphatic heterocycles. The zero-order valence-corrected chi connectivity index (χ0v) is 11.3. The fourth-order valence-electron chi connectivity index (χ4n) is 3.52. The third-order valence-corrected chi connectivity index (χ3v) is 6.00. The van der Waals surface area contributed by atoms with E-state index in [4.69, 9.17) is 0 Å². The van der Waals surface area contributed by atoms with Gasteiger partial charge in [0.2, 0.25) is 0 Å². The summed E-state index contributed by atoms with van der Waals surface area (Å²) in [4.78, 5) is 0.724. The summed E-state index contributed by atoms with van der Waals surface area (Å²) in [6.07, 6.45) is 7.26. The molecule has 0 amide bonds. The molecule has 2 bridgehead atoms. The molecule has 2 saturated carbocycles. The second-order valence-corrected chi connectivity index (χ2v) is 7.15. The highest BCUT2D eigenvalue weighted by Crippen LogP contribution is 2.51. The molecule has 0 radical (unpaired) electrons. The maximum absolute atomic E-state index is 3.93. The number of hydrogen-bond acceptors (Lipinski definition) is 1. The standard InChI is InChI=1S/C13H17BrS/c14-13(7-10-3-4-15-8-10)12-6-9-1-2-11(12)5-9/h3-4,8-9,11-13H,1-2,5-7H2. The summed E-state index contributed by atoms with van der Waals surface area (Å²) in [6.45, 7) is 0. The molecule has 1 heterocycles. The largest absolute Gasteiger partial charge is 0.152 e. The molecule has 0 nitrogen and oxygen atoms in total. The first-order valence-electron chi connectivity index (χ1n) is 5.98. The Morgan fingerprint density at radius 1 is 1.40 bits per heavy atom. The minimum Gasteiger partial charge on any atom is -0.152 e. The number of hydrogen-bond donors (Lipinski definition) is 0. The normalized spacial score (nSPS) is 35.9. The zero-order chi connectivity index (χ0) is 10.3. The van der Waals surface area contributed by atoms with Crippen molar-refractivity contribution < 1.29 is 0 Å². The van der Waals surface area contributed by atoms with E-state index < -0.39 is 0 Å². The van der Waals surface area contributed by atoms with Gasteiger partial charge in [-0.2, -0.15) is 11.3 Å². The van der Waals surface area contributed by atoms with Crippen molar-refractivity contribution in [1.82, 2.24) is 0 Å².